The van der Waals surface area contributed by atoms with Gasteiger partial charge >= 0.3 is 6.03 Å². The van der Waals surface area contributed by atoms with Gasteiger partial charge in [0.15, 0.2) is 0 Å². The zero-order chi connectivity index (χ0) is 18.8. The molecule has 0 aromatic heterocycles. The van der Waals surface area contributed by atoms with Crippen molar-refractivity contribution in [3.63, 3.8) is 0 Å². The fourth-order valence-corrected chi connectivity index (χ4v) is 4.61. The predicted octanol–water partition coefficient (Wildman–Crippen LogP) is 5.02. The average molecular weight is 522 g/mol. The van der Waals surface area contributed by atoms with Crippen LogP contribution in [0.15, 0.2) is 51.4 Å². The third-order valence-corrected chi connectivity index (χ3v) is 5.72. The van der Waals surface area contributed by atoms with Crippen molar-refractivity contribution in [3.05, 3.63) is 62.8 Å². The second-order valence-corrected chi connectivity index (χ2v) is 8.30. The molecule has 146 valence electrons. The van der Waals surface area contributed by atoms with Crippen LogP contribution in [0.25, 0.3) is 0 Å². The number of nitrogens with zero attached hydrogens (tertiary/aromatic N) is 2. The van der Waals surface area contributed by atoms with E-state index in [9.17, 15) is 9.18 Å². The van der Waals surface area contributed by atoms with Crippen LogP contribution < -0.4 is 10.2 Å². The minimum Gasteiger partial charge on any atom is -0.322 e. The zero-order valence-electron chi connectivity index (χ0n) is 15.0. The van der Waals surface area contributed by atoms with E-state index >= 15 is 0 Å². The smallest absolute Gasteiger partial charge is 0.322 e. The zero-order valence-corrected chi connectivity index (χ0v) is 18.9. The lowest BCUT2D eigenvalue weighted by Crippen LogP contribution is -2.47. The number of carbonyl (C=O) groups is 1. The lowest BCUT2D eigenvalue weighted by molar-refractivity contribution is 0.197. The molecule has 2 atom stereocenters. The van der Waals surface area contributed by atoms with Crippen molar-refractivity contribution in [2.45, 2.75) is 12.0 Å². The van der Waals surface area contributed by atoms with Crippen LogP contribution in [0.2, 0.25) is 0 Å². The van der Waals surface area contributed by atoms with Gasteiger partial charge in [-0.2, -0.15) is 0 Å². The van der Waals surface area contributed by atoms with Gasteiger partial charge in [0.2, 0.25) is 0 Å². The van der Waals surface area contributed by atoms with E-state index < -0.39 is 0 Å². The molecule has 1 N–H and O–H groups in total. The normalized spacial score (nSPS) is 18.7. The Morgan fingerprint density at radius 2 is 1.67 bits per heavy atom. The van der Waals surface area contributed by atoms with Gasteiger partial charge in [0.25, 0.3) is 0 Å². The van der Waals surface area contributed by atoms with Crippen LogP contribution >= 0.6 is 44.3 Å². The van der Waals surface area contributed by atoms with Crippen molar-refractivity contribution in [2.24, 2.45) is 0 Å². The van der Waals surface area contributed by atoms with Crippen molar-refractivity contribution in [3.8, 4) is 0 Å². The molecule has 2 aromatic rings. The number of benzene rings is 2. The summed E-state index contributed by atoms with van der Waals surface area (Å²) in [5.41, 5.74) is 1.83. The molecule has 1 fully saturated rings. The predicted molar refractivity (Wildman–Crippen MR) is 116 cm³/mol. The molecule has 0 bridgehead atoms. The summed E-state index contributed by atoms with van der Waals surface area (Å²) < 4.78 is 15.0. The maximum absolute atomic E-state index is 13.2. The van der Waals surface area contributed by atoms with Crippen LogP contribution in [0.5, 0.6) is 0 Å². The van der Waals surface area contributed by atoms with Crippen LogP contribution in [-0.2, 0) is 0 Å². The van der Waals surface area contributed by atoms with E-state index in [-0.39, 0.29) is 36.2 Å². The third-order valence-electron chi connectivity index (χ3n) is 4.80. The van der Waals surface area contributed by atoms with Gasteiger partial charge in [0.1, 0.15) is 5.82 Å². The summed E-state index contributed by atoms with van der Waals surface area (Å²) in [5.74, 6) is -0.118. The molecule has 0 radical (unpaired) electrons. The van der Waals surface area contributed by atoms with Crippen molar-refractivity contribution in [2.75, 3.05) is 32.1 Å². The highest BCUT2D eigenvalue weighted by Crippen LogP contribution is 2.29. The van der Waals surface area contributed by atoms with Crippen molar-refractivity contribution < 1.29 is 9.18 Å². The summed E-state index contributed by atoms with van der Waals surface area (Å²) in [7, 11) is 3.59. The first kappa shape index (κ1) is 22.1. The molecular formula is C19H21Br2ClFN3O. The molecule has 27 heavy (non-hydrogen) atoms. The number of hydrogen-bond acceptors (Lipinski definition) is 2. The Bertz CT molecular complexity index is 786. The molecule has 0 aliphatic carbocycles. The summed E-state index contributed by atoms with van der Waals surface area (Å²) >= 11 is 6.91. The number of rotatable bonds is 3. The number of anilines is 1. The van der Waals surface area contributed by atoms with Gasteiger partial charge in [0.05, 0.1) is 6.04 Å². The van der Waals surface area contributed by atoms with Crippen LogP contribution in [0.3, 0.4) is 0 Å². The van der Waals surface area contributed by atoms with Crippen molar-refractivity contribution in [1.82, 2.24) is 10.2 Å². The SMILES string of the molecule is CN(C(=O)N(C)[C@@H]1CNC[C@H]1c1ccc(F)cc1)c1cc(Br)cc(Br)c1.Cl. The summed E-state index contributed by atoms with van der Waals surface area (Å²) in [5, 5.41) is 3.35. The second-order valence-electron chi connectivity index (χ2n) is 6.46. The van der Waals surface area contributed by atoms with Crippen molar-refractivity contribution in [1.29, 1.82) is 0 Å². The molecular weight excluding hydrogens is 500 g/mol. The molecule has 0 saturated carbocycles. The Morgan fingerprint density at radius 3 is 2.26 bits per heavy atom. The van der Waals surface area contributed by atoms with Crippen LogP contribution in [0.1, 0.15) is 11.5 Å². The molecule has 2 aromatic carbocycles. The van der Waals surface area contributed by atoms with Gasteiger partial charge in [-0.05, 0) is 35.9 Å². The Labute approximate surface area is 181 Å². The molecule has 2 amide bonds. The van der Waals surface area contributed by atoms with E-state index in [4.69, 9.17) is 0 Å². The van der Waals surface area contributed by atoms with Gasteiger partial charge in [-0.3, -0.25) is 4.90 Å². The molecule has 0 spiro atoms. The van der Waals surface area contributed by atoms with Gasteiger partial charge in [-0.1, -0.05) is 44.0 Å². The molecule has 0 unspecified atom stereocenters. The summed E-state index contributed by atoms with van der Waals surface area (Å²) in [6.45, 7) is 1.47. The lowest BCUT2D eigenvalue weighted by Gasteiger charge is -2.32. The number of halogens is 4. The summed E-state index contributed by atoms with van der Waals surface area (Å²) in [6.07, 6.45) is 0. The Morgan fingerprint density at radius 1 is 1.07 bits per heavy atom. The maximum atomic E-state index is 13.2. The first-order valence-corrected chi connectivity index (χ1v) is 9.88. The fraction of sp³-hybridized carbons (Fsp3) is 0.316. The Kier molecular flexibility index (Phi) is 7.68. The Balaban J connectivity index is 0.00000261. The van der Waals surface area contributed by atoms with Crippen LogP contribution in [0.4, 0.5) is 14.9 Å². The number of hydrogen-bond donors (Lipinski definition) is 1. The number of urea groups is 1. The standard InChI is InChI=1S/C19H20Br2FN3O.ClH/c1-24(16-8-13(20)7-14(21)9-16)19(26)25(2)18-11-23-10-17(18)12-3-5-15(22)6-4-12;/h3-9,17-18,23H,10-11H2,1-2H3;1H/t17-,18+;/m0./s1. The highest BCUT2D eigenvalue weighted by molar-refractivity contribution is 9.11. The summed E-state index contributed by atoms with van der Waals surface area (Å²) in [6, 6.07) is 12.2. The highest BCUT2D eigenvalue weighted by Gasteiger charge is 2.35. The lowest BCUT2D eigenvalue weighted by atomic mass is 9.93. The van der Waals surface area contributed by atoms with E-state index in [0.29, 0.717) is 6.54 Å². The van der Waals surface area contributed by atoms with E-state index in [1.807, 2.05) is 25.2 Å². The van der Waals surface area contributed by atoms with Gasteiger partial charge in [-0.15, -0.1) is 12.4 Å². The summed E-state index contributed by atoms with van der Waals surface area (Å²) in [4.78, 5) is 16.4. The number of carbonyl (C=O) groups excluding carboxylic acids is 1. The minimum atomic E-state index is -0.249. The van der Waals surface area contributed by atoms with Gasteiger partial charge < -0.3 is 10.2 Å². The van der Waals surface area contributed by atoms with Crippen LogP contribution in [-0.4, -0.2) is 44.2 Å². The molecule has 8 heteroatoms. The quantitative estimate of drug-likeness (QED) is 0.616. The number of amides is 2. The fourth-order valence-electron chi connectivity index (χ4n) is 3.34. The molecule has 4 nitrogen and oxygen atoms in total. The number of nitrogens with one attached hydrogen (secondary N) is 1. The average Bonchev–Trinajstić information content (AvgIpc) is 3.09. The van der Waals surface area contributed by atoms with E-state index in [0.717, 1.165) is 26.7 Å². The van der Waals surface area contributed by atoms with E-state index in [1.54, 1.807) is 29.0 Å². The number of likely N-dealkylation sites (N-methyl/N-ethyl adjacent to an activating group) is 1. The molecule has 1 aliphatic heterocycles. The molecule has 1 saturated heterocycles. The third kappa shape index (κ3) is 5.02. The second kappa shape index (κ2) is 9.37. The Hall–Kier alpha value is -1.15. The highest BCUT2D eigenvalue weighted by atomic mass is 79.9. The minimum absolute atomic E-state index is 0. The first-order valence-electron chi connectivity index (χ1n) is 8.29. The molecule has 1 aliphatic rings. The molecule has 1 heterocycles. The van der Waals surface area contributed by atoms with E-state index in [2.05, 4.69) is 37.2 Å². The molecule has 3 rings (SSSR count). The topological polar surface area (TPSA) is 35.6 Å². The van der Waals surface area contributed by atoms with Gasteiger partial charge in [-0.25, -0.2) is 9.18 Å². The van der Waals surface area contributed by atoms with E-state index in [1.165, 1.54) is 12.1 Å². The largest absolute Gasteiger partial charge is 0.324 e. The van der Waals surface area contributed by atoms with Gasteiger partial charge in [0, 0.05) is 47.7 Å². The van der Waals surface area contributed by atoms with Crippen LogP contribution in [0, 0.1) is 5.82 Å². The monoisotopic (exact) mass is 519 g/mol. The first-order chi connectivity index (χ1) is 12.4. The van der Waals surface area contributed by atoms with Crippen molar-refractivity contribution >= 4 is 56.0 Å². The maximum Gasteiger partial charge on any atom is 0.324 e.